The lowest BCUT2D eigenvalue weighted by Crippen LogP contribution is -2.25. The van der Waals surface area contributed by atoms with Gasteiger partial charge >= 0.3 is 5.97 Å². The Morgan fingerprint density at radius 2 is 1.94 bits per heavy atom. The number of methoxy groups -OCH3 is 1. The van der Waals surface area contributed by atoms with E-state index in [9.17, 15) is 20.0 Å². The Labute approximate surface area is 213 Å². The van der Waals surface area contributed by atoms with Crippen molar-refractivity contribution in [2.45, 2.75) is 18.8 Å². The fourth-order valence-corrected chi connectivity index (χ4v) is 4.12. The van der Waals surface area contributed by atoms with Crippen LogP contribution in [0.1, 0.15) is 39.4 Å². The Bertz CT molecular complexity index is 1330. The van der Waals surface area contributed by atoms with Gasteiger partial charge in [-0.3, -0.25) is 9.59 Å². The summed E-state index contributed by atoms with van der Waals surface area (Å²) in [4.78, 5) is 24.1. The number of nitriles is 1. The number of aliphatic carboxylic acids is 1. The minimum Gasteiger partial charge on any atom is -0.495 e. The molecule has 8 nitrogen and oxygen atoms in total. The molecule has 3 aromatic rings. The summed E-state index contributed by atoms with van der Waals surface area (Å²) in [5.74, 6) is -0.283. The van der Waals surface area contributed by atoms with Crippen LogP contribution in [0.25, 0.3) is 0 Å². The zero-order valence-electron chi connectivity index (χ0n) is 19.4. The van der Waals surface area contributed by atoms with Gasteiger partial charge in [-0.15, -0.1) is 0 Å². The van der Waals surface area contributed by atoms with E-state index in [1.807, 2.05) is 18.2 Å². The highest BCUT2D eigenvalue weighted by atomic mass is 35.5. The number of halogens is 1. The van der Waals surface area contributed by atoms with Crippen LogP contribution in [-0.2, 0) is 11.2 Å². The first-order valence-electron chi connectivity index (χ1n) is 11.2. The maximum absolute atomic E-state index is 12.5. The second kappa shape index (κ2) is 11.0. The van der Waals surface area contributed by atoms with E-state index >= 15 is 0 Å². The Morgan fingerprint density at radius 1 is 1.17 bits per heavy atom. The van der Waals surface area contributed by atoms with Gasteiger partial charge in [0.25, 0.3) is 5.91 Å². The molecule has 1 aliphatic rings. The number of carbonyl (C=O) groups is 2. The molecular weight excluding hydrogens is 484 g/mol. The molecule has 0 saturated carbocycles. The third kappa shape index (κ3) is 5.53. The molecule has 1 heterocycles. The zero-order valence-corrected chi connectivity index (χ0v) is 20.2. The number of nitrogens with one attached hydrogen (secondary N) is 1. The Hall–Kier alpha value is -4.22. The number of carbonyl (C=O) groups excluding carboxylic acids is 1. The first kappa shape index (κ1) is 24.9. The van der Waals surface area contributed by atoms with Gasteiger partial charge < -0.3 is 24.6 Å². The van der Waals surface area contributed by atoms with Crippen LogP contribution in [0, 0.1) is 11.3 Å². The molecule has 0 aliphatic carbocycles. The van der Waals surface area contributed by atoms with Crippen LogP contribution in [0.15, 0.2) is 54.6 Å². The Balaban J connectivity index is 1.40. The van der Waals surface area contributed by atoms with Crippen LogP contribution in [0.4, 0.5) is 0 Å². The van der Waals surface area contributed by atoms with E-state index in [0.29, 0.717) is 52.8 Å². The molecular formula is C27H23ClN2O6. The maximum atomic E-state index is 12.5. The van der Waals surface area contributed by atoms with Crippen LogP contribution < -0.4 is 19.5 Å². The molecule has 1 atom stereocenters. The van der Waals surface area contributed by atoms with Gasteiger partial charge in [-0.25, -0.2) is 0 Å². The smallest absolute Gasteiger partial charge is 0.311 e. The second-order valence-corrected chi connectivity index (χ2v) is 8.53. The second-order valence-electron chi connectivity index (χ2n) is 8.13. The van der Waals surface area contributed by atoms with Crippen LogP contribution in [0.5, 0.6) is 23.0 Å². The van der Waals surface area contributed by atoms with Crippen LogP contribution >= 0.6 is 11.6 Å². The topological polar surface area (TPSA) is 118 Å². The van der Waals surface area contributed by atoms with Crippen LogP contribution in [0.2, 0.25) is 5.02 Å². The molecule has 0 aromatic heterocycles. The minimum absolute atomic E-state index is 0.200. The zero-order chi connectivity index (χ0) is 25.7. The summed E-state index contributed by atoms with van der Waals surface area (Å²) in [6.07, 6.45) is 0.950. The molecule has 0 radical (unpaired) electrons. The molecule has 0 saturated heterocycles. The highest BCUT2D eigenvalue weighted by molar-refractivity contribution is 6.32. The summed E-state index contributed by atoms with van der Waals surface area (Å²) in [5, 5.41) is 22.4. The van der Waals surface area contributed by atoms with Gasteiger partial charge in [-0.1, -0.05) is 17.7 Å². The maximum Gasteiger partial charge on any atom is 0.311 e. The molecule has 4 rings (SSSR count). The van der Waals surface area contributed by atoms with E-state index in [0.717, 1.165) is 5.56 Å². The predicted molar refractivity (Wildman–Crippen MR) is 132 cm³/mol. The molecule has 36 heavy (non-hydrogen) atoms. The van der Waals surface area contributed by atoms with Crippen molar-refractivity contribution in [3.63, 3.8) is 0 Å². The molecule has 0 spiro atoms. The number of rotatable bonds is 8. The number of nitrogens with zero attached hydrogens (tertiary/aromatic N) is 1. The van der Waals surface area contributed by atoms with E-state index in [2.05, 4.69) is 5.32 Å². The summed E-state index contributed by atoms with van der Waals surface area (Å²) < 4.78 is 16.7. The number of carboxylic acids is 1. The quantitative estimate of drug-likeness (QED) is 0.444. The fraction of sp³-hybridized carbons (Fsp3) is 0.222. The molecule has 1 unspecified atom stereocenters. The highest BCUT2D eigenvalue weighted by Gasteiger charge is 2.29. The van der Waals surface area contributed by atoms with E-state index < -0.39 is 11.9 Å². The van der Waals surface area contributed by atoms with Gasteiger partial charge in [0.05, 0.1) is 30.2 Å². The monoisotopic (exact) mass is 506 g/mol. The SMILES string of the molecule is COc1cc(CCNC(=O)c2ccc(Oc3cc4c(cc3C#N)C(C(=O)O)CCO4)cc2)ccc1Cl. The van der Waals surface area contributed by atoms with Gasteiger partial charge in [0.1, 0.15) is 29.1 Å². The number of hydrogen-bond donors (Lipinski definition) is 2. The highest BCUT2D eigenvalue weighted by Crippen LogP contribution is 2.39. The van der Waals surface area contributed by atoms with Crippen LogP contribution in [0.3, 0.4) is 0 Å². The third-order valence-corrected chi connectivity index (χ3v) is 6.14. The number of amides is 1. The molecule has 2 N–H and O–H groups in total. The average molecular weight is 507 g/mol. The van der Waals surface area contributed by atoms with E-state index in [4.69, 9.17) is 25.8 Å². The number of carboxylic acid groups (broad SMARTS) is 1. The average Bonchev–Trinajstić information content (AvgIpc) is 2.89. The van der Waals surface area contributed by atoms with Crippen molar-refractivity contribution in [3.8, 4) is 29.1 Å². The molecule has 3 aromatic carbocycles. The Kier molecular flexibility index (Phi) is 7.62. The summed E-state index contributed by atoms with van der Waals surface area (Å²) in [7, 11) is 1.55. The van der Waals surface area contributed by atoms with Gasteiger partial charge in [0.15, 0.2) is 0 Å². The minimum atomic E-state index is -0.959. The van der Waals surface area contributed by atoms with E-state index in [1.54, 1.807) is 37.4 Å². The van der Waals surface area contributed by atoms with Crippen molar-refractivity contribution >= 4 is 23.5 Å². The third-order valence-electron chi connectivity index (χ3n) is 5.83. The first-order chi connectivity index (χ1) is 17.4. The van der Waals surface area contributed by atoms with Gasteiger partial charge in [0.2, 0.25) is 0 Å². The van der Waals surface area contributed by atoms with Crippen molar-refractivity contribution in [2.75, 3.05) is 20.3 Å². The van der Waals surface area contributed by atoms with Crippen molar-refractivity contribution in [2.24, 2.45) is 0 Å². The lowest BCUT2D eigenvalue weighted by Gasteiger charge is -2.24. The van der Waals surface area contributed by atoms with E-state index in [1.165, 1.54) is 12.1 Å². The van der Waals surface area contributed by atoms with Crippen LogP contribution in [-0.4, -0.2) is 37.2 Å². The van der Waals surface area contributed by atoms with Gasteiger partial charge in [-0.2, -0.15) is 5.26 Å². The standard InChI is InChI=1S/C27H23ClN2O6/c1-34-25-12-16(2-7-22(25)28)8-10-30-26(31)17-3-5-19(6-4-17)36-23-14-24-21(13-18(23)15-29)20(27(32)33)9-11-35-24/h2-7,12-14,20H,8-11H2,1H3,(H,30,31)(H,32,33). The molecule has 9 heteroatoms. The predicted octanol–water partition coefficient (Wildman–Crippen LogP) is 4.94. The summed E-state index contributed by atoms with van der Waals surface area (Å²) in [6, 6.07) is 17.1. The van der Waals surface area contributed by atoms with Gasteiger partial charge in [-0.05, 0) is 60.9 Å². The molecule has 0 fully saturated rings. The first-order valence-corrected chi connectivity index (χ1v) is 11.6. The Morgan fingerprint density at radius 3 is 2.64 bits per heavy atom. The summed E-state index contributed by atoms with van der Waals surface area (Å²) >= 11 is 6.04. The lowest BCUT2D eigenvalue weighted by atomic mass is 9.91. The number of benzene rings is 3. The summed E-state index contributed by atoms with van der Waals surface area (Å²) in [5.41, 5.74) is 2.10. The largest absolute Gasteiger partial charge is 0.495 e. The van der Waals surface area contributed by atoms with Gasteiger partial charge in [0, 0.05) is 23.7 Å². The van der Waals surface area contributed by atoms with Crippen molar-refractivity contribution in [1.29, 1.82) is 5.26 Å². The molecule has 1 amide bonds. The number of hydrogen-bond acceptors (Lipinski definition) is 6. The van der Waals surface area contributed by atoms with Crippen molar-refractivity contribution < 1.29 is 28.9 Å². The van der Waals surface area contributed by atoms with Crippen molar-refractivity contribution in [3.05, 3.63) is 81.9 Å². The number of fused-ring (bicyclic) bond motifs is 1. The summed E-state index contributed by atoms with van der Waals surface area (Å²) in [6.45, 7) is 0.699. The van der Waals surface area contributed by atoms with Crippen molar-refractivity contribution in [1.82, 2.24) is 5.32 Å². The number of ether oxygens (including phenoxy) is 3. The molecule has 184 valence electrons. The molecule has 1 aliphatic heterocycles. The molecule has 0 bridgehead atoms. The normalized spacial score (nSPS) is 14.1. The fourth-order valence-electron chi connectivity index (χ4n) is 3.93. The van der Waals surface area contributed by atoms with E-state index in [-0.39, 0.29) is 23.8 Å². The lowest BCUT2D eigenvalue weighted by molar-refractivity contribution is -0.139.